The van der Waals surface area contributed by atoms with Crippen LogP contribution in [0.5, 0.6) is 11.5 Å². The summed E-state index contributed by atoms with van der Waals surface area (Å²) in [6, 6.07) is 10.3. The molecule has 0 heterocycles. The van der Waals surface area contributed by atoms with Gasteiger partial charge in [0, 0.05) is 6.61 Å². The molecule has 0 aliphatic heterocycles. The third-order valence-corrected chi connectivity index (χ3v) is 5.33. The van der Waals surface area contributed by atoms with E-state index in [0.717, 1.165) is 0 Å². The van der Waals surface area contributed by atoms with Crippen molar-refractivity contribution < 1.29 is 33.2 Å². The summed E-state index contributed by atoms with van der Waals surface area (Å²) in [7, 11) is -3.75. The largest absolute Gasteiger partial charge is 0.491 e. The minimum absolute atomic E-state index is 0.0832. The zero-order valence-corrected chi connectivity index (χ0v) is 15.0. The number of rotatable bonds is 10. The monoisotopic (exact) mass is 382 g/mol. The van der Waals surface area contributed by atoms with Crippen LogP contribution in [0.2, 0.25) is 0 Å². The van der Waals surface area contributed by atoms with Crippen molar-refractivity contribution in [1.82, 2.24) is 0 Å². The summed E-state index contributed by atoms with van der Waals surface area (Å²) in [6.45, 7) is -0.233. The molecule has 0 fully saturated rings. The Hall–Kier alpha value is -2.13. The van der Waals surface area contributed by atoms with Crippen LogP contribution in [0.15, 0.2) is 52.3 Å². The molecule has 0 aromatic heterocycles. The SMILES string of the molecule is O=S(=O)(c1ccc(OCCO)cc1)c1ccc(OCCO)c(CCO)c1. The van der Waals surface area contributed by atoms with Crippen LogP contribution < -0.4 is 9.47 Å². The lowest BCUT2D eigenvalue weighted by molar-refractivity contribution is 0.199. The first-order valence-electron chi connectivity index (χ1n) is 8.09. The van der Waals surface area contributed by atoms with Crippen LogP contribution in [-0.4, -0.2) is 56.8 Å². The van der Waals surface area contributed by atoms with Crippen molar-refractivity contribution in [3.63, 3.8) is 0 Å². The fraction of sp³-hybridized carbons (Fsp3) is 0.333. The molecule has 0 spiro atoms. The molecule has 142 valence electrons. The first kappa shape index (κ1) is 20.2. The van der Waals surface area contributed by atoms with E-state index in [4.69, 9.17) is 19.7 Å². The van der Waals surface area contributed by atoms with E-state index in [1.54, 1.807) is 0 Å². The average molecular weight is 382 g/mol. The Morgan fingerprint density at radius 2 is 1.38 bits per heavy atom. The van der Waals surface area contributed by atoms with Crippen molar-refractivity contribution in [2.75, 3.05) is 33.0 Å². The maximum atomic E-state index is 12.8. The van der Waals surface area contributed by atoms with E-state index in [0.29, 0.717) is 17.1 Å². The number of hydrogen-bond acceptors (Lipinski definition) is 7. The highest BCUT2D eigenvalue weighted by molar-refractivity contribution is 7.91. The summed E-state index contributed by atoms with van der Waals surface area (Å²) in [5.41, 5.74) is 0.546. The molecule has 0 radical (unpaired) electrons. The number of aliphatic hydroxyl groups excluding tert-OH is 3. The van der Waals surface area contributed by atoms with Gasteiger partial charge in [-0.25, -0.2) is 8.42 Å². The third-order valence-electron chi connectivity index (χ3n) is 3.57. The smallest absolute Gasteiger partial charge is 0.206 e. The van der Waals surface area contributed by atoms with Gasteiger partial charge < -0.3 is 24.8 Å². The number of sulfone groups is 1. The minimum Gasteiger partial charge on any atom is -0.491 e. The molecule has 2 rings (SSSR count). The predicted octanol–water partition coefficient (Wildman–Crippen LogP) is 0.796. The van der Waals surface area contributed by atoms with Crippen LogP contribution in [0.4, 0.5) is 0 Å². The molecular weight excluding hydrogens is 360 g/mol. The van der Waals surface area contributed by atoms with Crippen molar-refractivity contribution in [2.45, 2.75) is 16.2 Å². The second-order valence-corrected chi connectivity index (χ2v) is 7.31. The summed E-state index contributed by atoms with van der Waals surface area (Å²) in [5, 5.41) is 26.8. The van der Waals surface area contributed by atoms with Gasteiger partial charge >= 0.3 is 0 Å². The Bertz CT molecular complexity index is 801. The Morgan fingerprint density at radius 1 is 0.769 bits per heavy atom. The number of ether oxygens (including phenoxy) is 2. The molecular formula is C18H22O7S. The number of aliphatic hydroxyl groups is 3. The summed E-state index contributed by atoms with van der Waals surface area (Å²) >= 11 is 0. The van der Waals surface area contributed by atoms with Crippen molar-refractivity contribution in [3.05, 3.63) is 48.0 Å². The maximum Gasteiger partial charge on any atom is 0.206 e. The average Bonchev–Trinajstić information content (AvgIpc) is 2.66. The van der Waals surface area contributed by atoms with Gasteiger partial charge in [-0.2, -0.15) is 0 Å². The Morgan fingerprint density at radius 3 is 2.00 bits per heavy atom. The lowest BCUT2D eigenvalue weighted by Crippen LogP contribution is -2.08. The van der Waals surface area contributed by atoms with Gasteiger partial charge in [-0.15, -0.1) is 0 Å². The molecule has 0 aliphatic carbocycles. The van der Waals surface area contributed by atoms with Gasteiger partial charge in [0.25, 0.3) is 0 Å². The third kappa shape index (κ3) is 4.95. The first-order chi connectivity index (χ1) is 12.5. The summed E-state index contributed by atoms with van der Waals surface area (Å²) in [5.74, 6) is 0.895. The predicted molar refractivity (Wildman–Crippen MR) is 94.3 cm³/mol. The van der Waals surface area contributed by atoms with Crippen LogP contribution >= 0.6 is 0 Å². The van der Waals surface area contributed by atoms with Crippen molar-refractivity contribution in [3.8, 4) is 11.5 Å². The van der Waals surface area contributed by atoms with E-state index in [2.05, 4.69) is 0 Å². The van der Waals surface area contributed by atoms with Crippen LogP contribution in [0.25, 0.3) is 0 Å². The molecule has 0 amide bonds. The normalized spacial score (nSPS) is 11.3. The lowest BCUT2D eigenvalue weighted by Gasteiger charge is -2.13. The highest BCUT2D eigenvalue weighted by Gasteiger charge is 2.19. The quantitative estimate of drug-likeness (QED) is 0.557. The van der Waals surface area contributed by atoms with Crippen molar-refractivity contribution in [2.24, 2.45) is 0 Å². The molecule has 8 heteroatoms. The van der Waals surface area contributed by atoms with Crippen LogP contribution in [0.1, 0.15) is 5.56 Å². The van der Waals surface area contributed by atoms with Gasteiger partial charge in [0.05, 0.1) is 23.0 Å². The Kier molecular flexibility index (Phi) is 7.40. The summed E-state index contributed by atoms with van der Waals surface area (Å²) in [4.78, 5) is 0.189. The second-order valence-electron chi connectivity index (χ2n) is 5.36. The van der Waals surface area contributed by atoms with E-state index < -0.39 is 9.84 Å². The minimum atomic E-state index is -3.75. The Balaban J connectivity index is 2.31. The second kappa shape index (κ2) is 9.54. The van der Waals surface area contributed by atoms with Crippen molar-refractivity contribution >= 4 is 9.84 Å². The van der Waals surface area contributed by atoms with Gasteiger partial charge in [-0.1, -0.05) is 0 Å². The number of benzene rings is 2. The summed E-state index contributed by atoms with van der Waals surface area (Å²) < 4.78 is 36.2. The van der Waals surface area contributed by atoms with E-state index in [9.17, 15) is 13.5 Å². The topological polar surface area (TPSA) is 113 Å². The highest BCUT2D eigenvalue weighted by Crippen LogP contribution is 2.28. The molecule has 0 aliphatic rings. The Labute approximate surface area is 152 Å². The van der Waals surface area contributed by atoms with E-state index in [1.165, 1.54) is 42.5 Å². The van der Waals surface area contributed by atoms with Crippen LogP contribution in [0, 0.1) is 0 Å². The van der Waals surface area contributed by atoms with E-state index in [-0.39, 0.29) is 49.2 Å². The van der Waals surface area contributed by atoms with E-state index >= 15 is 0 Å². The van der Waals surface area contributed by atoms with Crippen molar-refractivity contribution in [1.29, 1.82) is 0 Å². The molecule has 0 saturated carbocycles. The zero-order chi connectivity index (χ0) is 19.0. The fourth-order valence-electron chi connectivity index (χ4n) is 2.35. The van der Waals surface area contributed by atoms with Gasteiger partial charge in [0.15, 0.2) is 0 Å². The van der Waals surface area contributed by atoms with Gasteiger partial charge in [0.1, 0.15) is 24.7 Å². The molecule has 7 nitrogen and oxygen atoms in total. The van der Waals surface area contributed by atoms with Crippen LogP contribution in [0.3, 0.4) is 0 Å². The number of hydrogen-bond donors (Lipinski definition) is 3. The standard InChI is InChI=1S/C18H22O7S/c19-8-7-14-13-17(5-6-18(14)25-12-10-21)26(22,23)16-3-1-15(2-4-16)24-11-9-20/h1-6,13,19-21H,7-12H2. The highest BCUT2D eigenvalue weighted by atomic mass is 32.2. The molecule has 26 heavy (non-hydrogen) atoms. The molecule has 2 aromatic rings. The summed E-state index contributed by atoms with van der Waals surface area (Å²) in [6.07, 6.45) is 0.234. The molecule has 2 aromatic carbocycles. The molecule has 3 N–H and O–H groups in total. The molecule has 0 unspecified atom stereocenters. The first-order valence-corrected chi connectivity index (χ1v) is 9.57. The van der Waals surface area contributed by atoms with Gasteiger partial charge in [0.2, 0.25) is 9.84 Å². The van der Waals surface area contributed by atoms with Crippen LogP contribution in [-0.2, 0) is 16.3 Å². The van der Waals surface area contributed by atoms with Gasteiger partial charge in [-0.05, 0) is 54.4 Å². The lowest BCUT2D eigenvalue weighted by atomic mass is 10.1. The van der Waals surface area contributed by atoms with E-state index in [1.807, 2.05) is 0 Å². The van der Waals surface area contributed by atoms with Gasteiger partial charge in [-0.3, -0.25) is 0 Å². The fourth-order valence-corrected chi connectivity index (χ4v) is 3.66. The maximum absolute atomic E-state index is 12.8. The molecule has 0 bridgehead atoms. The molecule has 0 saturated heterocycles. The molecule has 0 atom stereocenters. The zero-order valence-electron chi connectivity index (χ0n) is 14.2.